The molecule has 2 nitrogen and oxygen atoms in total. The molecule has 1 aromatic rings. The van der Waals surface area contributed by atoms with E-state index < -0.39 is 11.4 Å². The Kier molecular flexibility index (Phi) is 3.74. The molecule has 0 radical (unpaired) electrons. The van der Waals surface area contributed by atoms with E-state index in [0.29, 0.717) is 6.42 Å². The Balaban J connectivity index is 2.72. The number of benzene rings is 1. The molecular weight excluding hydrogens is 200 g/mol. The number of rotatable bonds is 4. The van der Waals surface area contributed by atoms with Crippen LogP contribution in [0.25, 0.3) is 0 Å². The van der Waals surface area contributed by atoms with Gasteiger partial charge >= 0.3 is 5.97 Å². The fourth-order valence-electron chi connectivity index (χ4n) is 1.68. The van der Waals surface area contributed by atoms with Gasteiger partial charge in [-0.2, -0.15) is 0 Å². The predicted molar refractivity (Wildman–Crippen MR) is 65.7 cm³/mol. The van der Waals surface area contributed by atoms with Crippen LogP contribution in [0.1, 0.15) is 37.0 Å². The molecule has 0 aliphatic heterocycles. The Labute approximate surface area is 97.3 Å². The van der Waals surface area contributed by atoms with E-state index in [9.17, 15) is 4.79 Å². The Morgan fingerprint density at radius 3 is 2.44 bits per heavy atom. The SMILES string of the molecule is Cc1ccc(CCC(C)(C)C(=O)O)c(C)c1. The molecule has 0 unspecified atom stereocenters. The molecule has 0 bridgehead atoms. The summed E-state index contributed by atoms with van der Waals surface area (Å²) in [4.78, 5) is 11.0. The van der Waals surface area contributed by atoms with Crippen molar-refractivity contribution in [2.75, 3.05) is 0 Å². The maximum Gasteiger partial charge on any atom is 0.309 e. The average molecular weight is 220 g/mol. The van der Waals surface area contributed by atoms with Crippen molar-refractivity contribution < 1.29 is 9.90 Å². The molecule has 0 atom stereocenters. The number of carbonyl (C=O) groups is 1. The zero-order chi connectivity index (χ0) is 12.3. The quantitative estimate of drug-likeness (QED) is 0.845. The Morgan fingerprint density at radius 2 is 1.94 bits per heavy atom. The number of carboxylic acids is 1. The normalized spacial score (nSPS) is 11.5. The van der Waals surface area contributed by atoms with Gasteiger partial charge in [0.2, 0.25) is 0 Å². The van der Waals surface area contributed by atoms with Crippen LogP contribution in [-0.4, -0.2) is 11.1 Å². The van der Waals surface area contributed by atoms with Gasteiger partial charge in [0.1, 0.15) is 0 Å². The minimum absolute atomic E-state index is 0.642. The summed E-state index contributed by atoms with van der Waals surface area (Å²) in [5, 5.41) is 9.03. The van der Waals surface area contributed by atoms with Crippen molar-refractivity contribution in [1.82, 2.24) is 0 Å². The molecule has 1 aromatic carbocycles. The first-order valence-corrected chi connectivity index (χ1v) is 5.62. The second kappa shape index (κ2) is 4.69. The summed E-state index contributed by atoms with van der Waals surface area (Å²) in [6.07, 6.45) is 1.50. The molecule has 1 N–H and O–H groups in total. The van der Waals surface area contributed by atoms with E-state index in [4.69, 9.17) is 5.11 Å². The zero-order valence-electron chi connectivity index (χ0n) is 10.5. The molecule has 16 heavy (non-hydrogen) atoms. The second-order valence-electron chi connectivity index (χ2n) is 5.12. The van der Waals surface area contributed by atoms with Crippen LogP contribution < -0.4 is 0 Å². The van der Waals surface area contributed by atoms with Crippen molar-refractivity contribution in [3.8, 4) is 0 Å². The van der Waals surface area contributed by atoms with E-state index in [-0.39, 0.29) is 0 Å². The molecule has 0 saturated heterocycles. The third-order valence-corrected chi connectivity index (χ3v) is 3.10. The van der Waals surface area contributed by atoms with Crippen LogP contribution in [-0.2, 0) is 11.2 Å². The summed E-state index contributed by atoms with van der Waals surface area (Å²) in [5.41, 5.74) is 3.11. The minimum atomic E-state index is -0.725. The summed E-state index contributed by atoms with van der Waals surface area (Å²) in [6, 6.07) is 6.32. The first kappa shape index (κ1) is 12.8. The zero-order valence-corrected chi connectivity index (χ0v) is 10.5. The molecular formula is C14H20O2. The van der Waals surface area contributed by atoms with Gasteiger partial charge in [0.25, 0.3) is 0 Å². The molecule has 0 aromatic heterocycles. The van der Waals surface area contributed by atoms with E-state index in [2.05, 4.69) is 32.0 Å². The Bertz CT molecular complexity index is 392. The first-order chi connectivity index (χ1) is 7.33. The summed E-state index contributed by atoms with van der Waals surface area (Å²) < 4.78 is 0. The largest absolute Gasteiger partial charge is 0.481 e. The molecule has 0 aliphatic carbocycles. The molecule has 0 heterocycles. The summed E-state index contributed by atoms with van der Waals surface area (Å²) >= 11 is 0. The topological polar surface area (TPSA) is 37.3 Å². The van der Waals surface area contributed by atoms with E-state index in [1.807, 2.05) is 0 Å². The van der Waals surface area contributed by atoms with E-state index in [1.54, 1.807) is 13.8 Å². The fraction of sp³-hybridized carbons (Fsp3) is 0.500. The van der Waals surface area contributed by atoms with E-state index in [0.717, 1.165) is 6.42 Å². The van der Waals surface area contributed by atoms with Gasteiger partial charge in [-0.3, -0.25) is 4.79 Å². The number of aliphatic carboxylic acids is 1. The maximum atomic E-state index is 11.0. The van der Waals surface area contributed by atoms with Crippen molar-refractivity contribution in [3.05, 3.63) is 34.9 Å². The highest BCUT2D eigenvalue weighted by Gasteiger charge is 2.26. The number of hydrogen-bond donors (Lipinski definition) is 1. The molecule has 0 fully saturated rings. The van der Waals surface area contributed by atoms with Gasteiger partial charge in [-0.05, 0) is 51.7 Å². The summed E-state index contributed by atoms with van der Waals surface area (Å²) in [6.45, 7) is 7.70. The van der Waals surface area contributed by atoms with Crippen molar-refractivity contribution in [2.45, 2.75) is 40.5 Å². The van der Waals surface area contributed by atoms with Gasteiger partial charge in [-0.15, -0.1) is 0 Å². The number of hydrogen-bond acceptors (Lipinski definition) is 1. The lowest BCUT2D eigenvalue weighted by atomic mass is 9.85. The maximum absolute atomic E-state index is 11.0. The van der Waals surface area contributed by atoms with Crippen LogP contribution in [0.15, 0.2) is 18.2 Å². The van der Waals surface area contributed by atoms with Gasteiger partial charge in [-0.1, -0.05) is 23.8 Å². The van der Waals surface area contributed by atoms with Gasteiger partial charge in [-0.25, -0.2) is 0 Å². The molecule has 1 rings (SSSR count). The highest BCUT2D eigenvalue weighted by Crippen LogP contribution is 2.24. The van der Waals surface area contributed by atoms with Crippen molar-refractivity contribution in [1.29, 1.82) is 0 Å². The fourth-order valence-corrected chi connectivity index (χ4v) is 1.68. The average Bonchev–Trinajstić information content (AvgIpc) is 2.16. The molecule has 0 aliphatic rings. The monoisotopic (exact) mass is 220 g/mol. The number of aryl methyl sites for hydroxylation is 3. The van der Waals surface area contributed by atoms with E-state index >= 15 is 0 Å². The Hall–Kier alpha value is -1.31. The van der Waals surface area contributed by atoms with Crippen LogP contribution in [0.3, 0.4) is 0 Å². The highest BCUT2D eigenvalue weighted by atomic mass is 16.4. The molecule has 0 amide bonds. The van der Waals surface area contributed by atoms with Gasteiger partial charge in [0.05, 0.1) is 5.41 Å². The van der Waals surface area contributed by atoms with Crippen LogP contribution in [0, 0.1) is 19.3 Å². The summed E-state index contributed by atoms with van der Waals surface area (Å²) in [7, 11) is 0. The smallest absolute Gasteiger partial charge is 0.309 e. The minimum Gasteiger partial charge on any atom is -0.481 e. The van der Waals surface area contributed by atoms with Gasteiger partial charge in [0, 0.05) is 0 Å². The first-order valence-electron chi connectivity index (χ1n) is 5.62. The van der Waals surface area contributed by atoms with Crippen molar-refractivity contribution in [3.63, 3.8) is 0 Å². The van der Waals surface area contributed by atoms with Gasteiger partial charge < -0.3 is 5.11 Å². The molecule has 88 valence electrons. The third kappa shape index (κ3) is 3.09. The third-order valence-electron chi connectivity index (χ3n) is 3.10. The lowest BCUT2D eigenvalue weighted by Gasteiger charge is -2.19. The second-order valence-corrected chi connectivity index (χ2v) is 5.12. The van der Waals surface area contributed by atoms with Gasteiger partial charge in [0.15, 0.2) is 0 Å². The molecule has 2 heteroatoms. The standard InChI is InChI=1S/C14H20O2/c1-10-5-6-12(11(2)9-10)7-8-14(3,4)13(15)16/h5-6,9H,7-8H2,1-4H3,(H,15,16). The van der Waals surface area contributed by atoms with Crippen LogP contribution in [0.5, 0.6) is 0 Å². The molecule has 0 saturated carbocycles. The van der Waals surface area contributed by atoms with Crippen molar-refractivity contribution >= 4 is 5.97 Å². The van der Waals surface area contributed by atoms with Crippen LogP contribution in [0.4, 0.5) is 0 Å². The molecule has 0 spiro atoms. The lowest BCUT2D eigenvalue weighted by Crippen LogP contribution is -2.24. The van der Waals surface area contributed by atoms with Crippen LogP contribution >= 0.6 is 0 Å². The lowest BCUT2D eigenvalue weighted by molar-refractivity contribution is -0.147. The Morgan fingerprint density at radius 1 is 1.31 bits per heavy atom. The number of carboxylic acid groups (broad SMARTS) is 1. The highest BCUT2D eigenvalue weighted by molar-refractivity contribution is 5.73. The van der Waals surface area contributed by atoms with Crippen molar-refractivity contribution in [2.24, 2.45) is 5.41 Å². The predicted octanol–water partition coefficient (Wildman–Crippen LogP) is 3.35. The summed E-state index contributed by atoms with van der Waals surface area (Å²) in [5.74, 6) is -0.725. The van der Waals surface area contributed by atoms with E-state index in [1.165, 1.54) is 16.7 Å². The van der Waals surface area contributed by atoms with Crippen LogP contribution in [0.2, 0.25) is 0 Å².